The molecule has 4 heterocycles. The number of methoxy groups -OCH3 is 1. The van der Waals surface area contributed by atoms with Gasteiger partial charge in [-0.3, -0.25) is 14.5 Å². The van der Waals surface area contributed by atoms with Crippen molar-refractivity contribution in [3.63, 3.8) is 0 Å². The summed E-state index contributed by atoms with van der Waals surface area (Å²) in [6.45, 7) is 4.67. The monoisotopic (exact) mass is 427 g/mol. The fraction of sp³-hybridized carbons (Fsp3) is 0.280. The van der Waals surface area contributed by atoms with Gasteiger partial charge in [-0.15, -0.1) is 0 Å². The summed E-state index contributed by atoms with van der Waals surface area (Å²) in [5, 5.41) is 5.77. The van der Waals surface area contributed by atoms with Crippen LogP contribution >= 0.6 is 0 Å². The summed E-state index contributed by atoms with van der Waals surface area (Å²) in [6.07, 6.45) is 4.33. The van der Waals surface area contributed by atoms with Crippen molar-refractivity contribution in [2.75, 3.05) is 13.7 Å². The number of pyridine rings is 2. The van der Waals surface area contributed by atoms with Gasteiger partial charge in [-0.25, -0.2) is 4.98 Å². The molecule has 0 N–H and O–H groups in total. The summed E-state index contributed by atoms with van der Waals surface area (Å²) in [5.74, 6) is 0.642. The first-order chi connectivity index (χ1) is 15.5. The zero-order chi connectivity index (χ0) is 22.4. The van der Waals surface area contributed by atoms with Gasteiger partial charge in [0.2, 0.25) is 5.88 Å². The molecule has 162 valence electrons. The van der Waals surface area contributed by atoms with Gasteiger partial charge in [0.05, 0.1) is 30.1 Å². The van der Waals surface area contributed by atoms with Gasteiger partial charge >= 0.3 is 0 Å². The fourth-order valence-corrected chi connectivity index (χ4v) is 4.66. The number of hydrogen-bond acceptors (Lipinski definition) is 5. The van der Waals surface area contributed by atoms with E-state index in [2.05, 4.69) is 16.0 Å². The molecule has 32 heavy (non-hydrogen) atoms. The number of benzene rings is 1. The minimum absolute atomic E-state index is 0.0167. The van der Waals surface area contributed by atoms with E-state index in [1.54, 1.807) is 13.3 Å². The van der Waals surface area contributed by atoms with Gasteiger partial charge in [0, 0.05) is 53.6 Å². The SMILES string of the molecule is COc1ncc(-c2c3c(nn2C)[C@H](C)N(C(=O)c2ccc4ncccc4c2)CC3)cc1C. The predicted molar refractivity (Wildman–Crippen MR) is 123 cm³/mol. The van der Waals surface area contributed by atoms with Crippen LogP contribution in [0.4, 0.5) is 0 Å². The molecule has 7 nitrogen and oxygen atoms in total. The van der Waals surface area contributed by atoms with Crippen LogP contribution < -0.4 is 4.74 Å². The Morgan fingerprint density at radius 1 is 1.19 bits per heavy atom. The van der Waals surface area contributed by atoms with E-state index in [1.807, 2.05) is 67.0 Å². The highest BCUT2D eigenvalue weighted by atomic mass is 16.5. The Morgan fingerprint density at radius 2 is 2.03 bits per heavy atom. The molecule has 1 aliphatic heterocycles. The Hall–Kier alpha value is -3.74. The molecule has 1 atom stereocenters. The standard InChI is InChI=1S/C25H25N5O2/c1-15-12-19(14-27-24(15)32-4)23-20-9-11-30(16(2)22(20)28-29(23)3)25(31)18-7-8-21-17(13-18)6-5-10-26-21/h5-8,10,12-14,16H,9,11H2,1-4H3/t16-/m0/s1. The van der Waals surface area contributed by atoms with E-state index < -0.39 is 0 Å². The second-order valence-corrected chi connectivity index (χ2v) is 8.22. The highest BCUT2D eigenvalue weighted by Gasteiger charge is 2.33. The van der Waals surface area contributed by atoms with Crippen LogP contribution in [0.3, 0.4) is 0 Å². The Bertz CT molecular complexity index is 1340. The molecule has 0 fully saturated rings. The number of aryl methyl sites for hydroxylation is 2. The summed E-state index contributed by atoms with van der Waals surface area (Å²) in [7, 11) is 3.57. The lowest BCUT2D eigenvalue weighted by Crippen LogP contribution is -2.38. The van der Waals surface area contributed by atoms with Crippen molar-refractivity contribution >= 4 is 16.8 Å². The summed E-state index contributed by atoms with van der Waals surface area (Å²) in [5.41, 5.74) is 6.72. The van der Waals surface area contributed by atoms with Gasteiger partial charge in [-0.1, -0.05) is 6.07 Å². The maximum Gasteiger partial charge on any atom is 0.254 e. The maximum absolute atomic E-state index is 13.4. The number of ether oxygens (including phenoxy) is 1. The van der Waals surface area contributed by atoms with Crippen molar-refractivity contribution in [2.45, 2.75) is 26.3 Å². The number of nitrogens with zero attached hydrogens (tertiary/aromatic N) is 5. The zero-order valence-corrected chi connectivity index (χ0v) is 18.7. The quantitative estimate of drug-likeness (QED) is 0.492. The highest BCUT2D eigenvalue weighted by Crippen LogP contribution is 2.36. The number of carbonyl (C=O) groups is 1. The molecule has 0 saturated heterocycles. The van der Waals surface area contributed by atoms with Gasteiger partial charge in [0.1, 0.15) is 0 Å². The minimum atomic E-state index is -0.122. The first-order valence-corrected chi connectivity index (χ1v) is 10.7. The van der Waals surface area contributed by atoms with E-state index >= 15 is 0 Å². The van der Waals surface area contributed by atoms with E-state index in [9.17, 15) is 4.79 Å². The normalized spacial score (nSPS) is 15.6. The van der Waals surface area contributed by atoms with E-state index in [1.165, 1.54) is 5.56 Å². The van der Waals surface area contributed by atoms with Crippen molar-refractivity contribution in [2.24, 2.45) is 7.05 Å². The van der Waals surface area contributed by atoms with Crippen LogP contribution in [0.2, 0.25) is 0 Å². The van der Waals surface area contributed by atoms with Gasteiger partial charge in [-0.2, -0.15) is 5.10 Å². The van der Waals surface area contributed by atoms with Crippen molar-refractivity contribution in [3.05, 3.63) is 71.2 Å². The van der Waals surface area contributed by atoms with Crippen LogP contribution in [0.1, 0.15) is 40.1 Å². The lowest BCUT2D eigenvalue weighted by Gasteiger charge is -2.33. The molecule has 0 unspecified atom stereocenters. The molecule has 0 bridgehead atoms. The van der Waals surface area contributed by atoms with E-state index in [0.29, 0.717) is 18.0 Å². The number of amides is 1. The predicted octanol–water partition coefficient (Wildman–Crippen LogP) is 4.11. The van der Waals surface area contributed by atoms with Crippen molar-refractivity contribution in [1.82, 2.24) is 24.6 Å². The van der Waals surface area contributed by atoms with Crippen LogP contribution in [-0.2, 0) is 13.5 Å². The highest BCUT2D eigenvalue weighted by molar-refractivity contribution is 5.98. The minimum Gasteiger partial charge on any atom is -0.481 e. The van der Waals surface area contributed by atoms with Crippen LogP contribution in [0, 0.1) is 6.92 Å². The number of carbonyl (C=O) groups excluding carboxylic acids is 1. The summed E-state index contributed by atoms with van der Waals surface area (Å²) >= 11 is 0. The smallest absolute Gasteiger partial charge is 0.254 e. The molecular weight excluding hydrogens is 402 g/mol. The van der Waals surface area contributed by atoms with Gasteiger partial charge in [0.25, 0.3) is 5.91 Å². The van der Waals surface area contributed by atoms with Crippen molar-refractivity contribution in [1.29, 1.82) is 0 Å². The van der Waals surface area contributed by atoms with Crippen molar-refractivity contribution in [3.8, 4) is 17.1 Å². The fourth-order valence-electron chi connectivity index (χ4n) is 4.66. The number of aromatic nitrogens is 4. The average molecular weight is 428 g/mol. The van der Waals surface area contributed by atoms with E-state index in [-0.39, 0.29) is 11.9 Å². The maximum atomic E-state index is 13.4. The number of fused-ring (bicyclic) bond motifs is 2. The molecule has 1 aliphatic rings. The van der Waals surface area contributed by atoms with Gasteiger partial charge < -0.3 is 9.64 Å². The van der Waals surface area contributed by atoms with E-state index in [0.717, 1.165) is 39.8 Å². The number of rotatable bonds is 3. The molecule has 0 saturated carbocycles. The summed E-state index contributed by atoms with van der Waals surface area (Å²) in [4.78, 5) is 24.1. The Balaban J connectivity index is 1.48. The summed E-state index contributed by atoms with van der Waals surface area (Å²) < 4.78 is 7.21. The van der Waals surface area contributed by atoms with Crippen LogP contribution in [0.5, 0.6) is 5.88 Å². The molecule has 7 heteroatoms. The lowest BCUT2D eigenvalue weighted by atomic mass is 9.95. The zero-order valence-electron chi connectivity index (χ0n) is 18.7. The van der Waals surface area contributed by atoms with Crippen LogP contribution in [-0.4, -0.2) is 44.2 Å². The second kappa shape index (κ2) is 7.75. The Morgan fingerprint density at radius 3 is 2.81 bits per heavy atom. The molecule has 0 radical (unpaired) electrons. The first kappa shape index (κ1) is 20.2. The molecule has 1 amide bonds. The first-order valence-electron chi connectivity index (χ1n) is 10.7. The number of hydrogen-bond donors (Lipinski definition) is 0. The Labute approximate surface area is 186 Å². The molecule has 1 aromatic carbocycles. The molecular formula is C25H25N5O2. The molecule has 4 aromatic rings. The third-order valence-electron chi connectivity index (χ3n) is 6.25. The van der Waals surface area contributed by atoms with Crippen LogP contribution in [0.15, 0.2) is 48.8 Å². The van der Waals surface area contributed by atoms with Gasteiger partial charge in [0.15, 0.2) is 0 Å². The van der Waals surface area contributed by atoms with Gasteiger partial charge in [-0.05, 0) is 50.6 Å². The average Bonchev–Trinajstić information content (AvgIpc) is 3.15. The molecule has 0 aliphatic carbocycles. The Kier molecular flexibility index (Phi) is 4.89. The molecule has 3 aromatic heterocycles. The molecule has 5 rings (SSSR count). The van der Waals surface area contributed by atoms with E-state index in [4.69, 9.17) is 9.84 Å². The second-order valence-electron chi connectivity index (χ2n) is 8.22. The lowest BCUT2D eigenvalue weighted by molar-refractivity contribution is 0.0674. The third kappa shape index (κ3) is 3.21. The summed E-state index contributed by atoms with van der Waals surface area (Å²) in [6, 6.07) is 11.5. The third-order valence-corrected chi connectivity index (χ3v) is 6.25. The largest absolute Gasteiger partial charge is 0.481 e. The molecule has 0 spiro atoms. The van der Waals surface area contributed by atoms with Crippen molar-refractivity contribution < 1.29 is 9.53 Å². The topological polar surface area (TPSA) is 73.1 Å². The van der Waals surface area contributed by atoms with Crippen LogP contribution in [0.25, 0.3) is 22.2 Å².